The first-order valence-corrected chi connectivity index (χ1v) is 13.4. The van der Waals surface area contributed by atoms with E-state index in [-0.39, 0.29) is 49.5 Å². The Hall–Kier alpha value is -4.05. The van der Waals surface area contributed by atoms with E-state index in [0.717, 1.165) is 17.2 Å². The molecule has 0 radical (unpaired) electrons. The van der Waals surface area contributed by atoms with Gasteiger partial charge in [-0.05, 0) is 54.7 Å². The Labute approximate surface area is 236 Å². The number of methoxy groups -OCH3 is 2. The predicted octanol–water partition coefficient (Wildman–Crippen LogP) is 4.86. The summed E-state index contributed by atoms with van der Waals surface area (Å²) in [5.74, 6) is -4.12. The SMILES string of the molecule is COc1cc(OC)c(F)c(C(=O)N2CCOC3(CCCN(C(=O)c4cccc(Cc5ccc(F)cc5)c4)C3)C2)c1F. The van der Waals surface area contributed by atoms with E-state index in [0.29, 0.717) is 31.4 Å². The maximum absolute atomic E-state index is 15.1. The first-order valence-electron chi connectivity index (χ1n) is 13.4. The molecule has 10 heteroatoms. The fourth-order valence-corrected chi connectivity index (χ4v) is 5.60. The fourth-order valence-electron chi connectivity index (χ4n) is 5.60. The van der Waals surface area contributed by atoms with Crippen LogP contribution in [0.1, 0.15) is 44.7 Å². The topological polar surface area (TPSA) is 68.3 Å². The minimum Gasteiger partial charge on any atom is -0.494 e. The van der Waals surface area contributed by atoms with Crippen molar-refractivity contribution >= 4 is 11.8 Å². The van der Waals surface area contributed by atoms with Crippen LogP contribution >= 0.6 is 0 Å². The molecule has 2 aliphatic rings. The summed E-state index contributed by atoms with van der Waals surface area (Å²) in [6.07, 6.45) is 1.77. The number of nitrogens with zero attached hydrogens (tertiary/aromatic N) is 2. The lowest BCUT2D eigenvalue weighted by atomic mass is 9.89. The van der Waals surface area contributed by atoms with Crippen LogP contribution in [0.25, 0.3) is 0 Å². The number of rotatable bonds is 6. The molecule has 5 rings (SSSR count). The van der Waals surface area contributed by atoms with Gasteiger partial charge in [-0.1, -0.05) is 24.3 Å². The van der Waals surface area contributed by atoms with E-state index >= 15 is 8.78 Å². The zero-order chi connectivity index (χ0) is 29.1. The predicted molar refractivity (Wildman–Crippen MR) is 145 cm³/mol. The number of amides is 2. The summed E-state index contributed by atoms with van der Waals surface area (Å²) < 4.78 is 59.5. The Balaban J connectivity index is 1.33. The van der Waals surface area contributed by atoms with Crippen molar-refractivity contribution in [3.05, 3.63) is 94.3 Å². The standard InChI is InChI=1S/C31H31F3N2O5/c1-39-24-17-25(40-2)28(34)26(27(24)33)30(38)36-13-14-41-31(19-36)11-4-12-35(18-31)29(37)22-6-3-5-21(16-22)15-20-7-9-23(32)10-8-20/h3,5-10,16-17H,4,11-15,18-19H2,1-2H3. The van der Waals surface area contributed by atoms with Crippen molar-refractivity contribution in [1.82, 2.24) is 9.80 Å². The highest BCUT2D eigenvalue weighted by Gasteiger charge is 2.44. The summed E-state index contributed by atoms with van der Waals surface area (Å²) in [6, 6.07) is 14.6. The molecule has 2 aliphatic heterocycles. The maximum atomic E-state index is 15.1. The molecule has 2 amide bonds. The zero-order valence-electron chi connectivity index (χ0n) is 22.9. The number of carbonyl (C=O) groups excluding carboxylic acids is 2. The number of hydrogen-bond acceptors (Lipinski definition) is 5. The average molecular weight is 569 g/mol. The second-order valence-electron chi connectivity index (χ2n) is 10.4. The van der Waals surface area contributed by atoms with Crippen molar-refractivity contribution < 1.29 is 37.0 Å². The average Bonchev–Trinajstić information content (AvgIpc) is 2.98. The number of carbonyl (C=O) groups is 2. The van der Waals surface area contributed by atoms with E-state index in [1.807, 2.05) is 18.2 Å². The van der Waals surface area contributed by atoms with Crippen LogP contribution in [0.3, 0.4) is 0 Å². The molecule has 2 fully saturated rings. The first-order chi connectivity index (χ1) is 19.7. The van der Waals surface area contributed by atoms with E-state index in [4.69, 9.17) is 14.2 Å². The zero-order valence-corrected chi connectivity index (χ0v) is 22.9. The molecule has 0 aliphatic carbocycles. The van der Waals surface area contributed by atoms with Gasteiger partial charge in [-0.3, -0.25) is 9.59 Å². The lowest BCUT2D eigenvalue weighted by Crippen LogP contribution is -2.61. The summed E-state index contributed by atoms with van der Waals surface area (Å²) in [5, 5.41) is 0. The Bertz CT molecular complexity index is 1420. The molecular formula is C31H31F3N2O5. The van der Waals surface area contributed by atoms with Gasteiger partial charge in [0, 0.05) is 24.7 Å². The molecule has 216 valence electrons. The highest BCUT2D eigenvalue weighted by molar-refractivity contribution is 5.96. The number of likely N-dealkylation sites (tertiary alicyclic amines) is 1. The summed E-state index contributed by atoms with van der Waals surface area (Å²) >= 11 is 0. The van der Waals surface area contributed by atoms with Crippen LogP contribution in [0.15, 0.2) is 54.6 Å². The number of benzene rings is 3. The van der Waals surface area contributed by atoms with Crippen molar-refractivity contribution in [3.63, 3.8) is 0 Å². The van der Waals surface area contributed by atoms with Gasteiger partial charge in [0.05, 0.1) is 33.9 Å². The van der Waals surface area contributed by atoms with E-state index in [9.17, 15) is 14.0 Å². The van der Waals surface area contributed by atoms with E-state index in [1.54, 1.807) is 23.1 Å². The molecule has 0 bridgehead atoms. The molecule has 1 unspecified atom stereocenters. The van der Waals surface area contributed by atoms with Crippen molar-refractivity contribution in [2.24, 2.45) is 0 Å². The van der Waals surface area contributed by atoms with Crippen molar-refractivity contribution in [1.29, 1.82) is 0 Å². The first kappa shape index (κ1) is 28.5. The van der Waals surface area contributed by atoms with Crippen molar-refractivity contribution in [2.45, 2.75) is 24.9 Å². The fraction of sp³-hybridized carbons (Fsp3) is 0.355. The summed E-state index contributed by atoms with van der Waals surface area (Å²) in [6.45, 7) is 1.10. The van der Waals surface area contributed by atoms with Crippen LogP contribution in [0.5, 0.6) is 11.5 Å². The smallest absolute Gasteiger partial charge is 0.260 e. The van der Waals surface area contributed by atoms with Crippen LogP contribution in [0, 0.1) is 17.5 Å². The Morgan fingerprint density at radius 1 is 0.854 bits per heavy atom. The van der Waals surface area contributed by atoms with Crippen LogP contribution < -0.4 is 9.47 Å². The van der Waals surface area contributed by atoms with Gasteiger partial charge in [0.2, 0.25) is 0 Å². The second kappa shape index (κ2) is 11.8. The van der Waals surface area contributed by atoms with E-state index in [2.05, 4.69) is 0 Å². The molecule has 3 aromatic rings. The lowest BCUT2D eigenvalue weighted by molar-refractivity contribution is -0.126. The van der Waals surface area contributed by atoms with Gasteiger partial charge in [-0.2, -0.15) is 0 Å². The molecule has 7 nitrogen and oxygen atoms in total. The van der Waals surface area contributed by atoms with Crippen LogP contribution in [0.4, 0.5) is 13.2 Å². The van der Waals surface area contributed by atoms with Gasteiger partial charge in [-0.25, -0.2) is 13.2 Å². The number of piperidine rings is 1. The van der Waals surface area contributed by atoms with E-state index in [1.165, 1.54) is 31.3 Å². The Kier molecular flexibility index (Phi) is 8.21. The highest BCUT2D eigenvalue weighted by atomic mass is 19.1. The molecule has 1 atom stereocenters. The summed E-state index contributed by atoms with van der Waals surface area (Å²) in [5.41, 5.74) is 0.731. The van der Waals surface area contributed by atoms with Crippen LogP contribution in [0.2, 0.25) is 0 Å². The van der Waals surface area contributed by atoms with E-state index < -0.39 is 28.7 Å². The van der Waals surface area contributed by atoms with Gasteiger partial charge < -0.3 is 24.0 Å². The van der Waals surface area contributed by atoms with Crippen molar-refractivity contribution in [3.8, 4) is 11.5 Å². The molecule has 1 spiro atoms. The van der Waals surface area contributed by atoms with Crippen molar-refractivity contribution in [2.75, 3.05) is 47.0 Å². The summed E-state index contributed by atoms with van der Waals surface area (Å²) in [7, 11) is 2.44. The third kappa shape index (κ3) is 5.88. The Morgan fingerprint density at radius 2 is 1.51 bits per heavy atom. The number of halogens is 3. The molecule has 0 saturated carbocycles. The molecule has 2 saturated heterocycles. The van der Waals surface area contributed by atoms with Crippen LogP contribution in [-0.2, 0) is 11.2 Å². The summed E-state index contributed by atoms with van der Waals surface area (Å²) in [4.78, 5) is 30.0. The normalized spacial score (nSPS) is 18.9. The molecular weight excluding hydrogens is 537 g/mol. The maximum Gasteiger partial charge on any atom is 0.260 e. The molecule has 0 N–H and O–H groups in total. The Morgan fingerprint density at radius 3 is 2.17 bits per heavy atom. The number of morpholine rings is 1. The van der Waals surface area contributed by atoms with Gasteiger partial charge in [-0.15, -0.1) is 0 Å². The van der Waals surface area contributed by atoms with Gasteiger partial charge in [0.25, 0.3) is 11.8 Å². The molecule has 0 aromatic heterocycles. The van der Waals surface area contributed by atoms with Crippen LogP contribution in [-0.4, -0.2) is 74.2 Å². The second-order valence-corrected chi connectivity index (χ2v) is 10.4. The van der Waals surface area contributed by atoms with Gasteiger partial charge in [0.1, 0.15) is 17.0 Å². The van der Waals surface area contributed by atoms with Gasteiger partial charge in [0.15, 0.2) is 23.1 Å². The monoisotopic (exact) mass is 568 g/mol. The minimum absolute atomic E-state index is 0.0681. The third-order valence-corrected chi connectivity index (χ3v) is 7.65. The quantitative estimate of drug-likeness (QED) is 0.425. The lowest BCUT2D eigenvalue weighted by Gasteiger charge is -2.48. The number of hydrogen-bond donors (Lipinski definition) is 0. The largest absolute Gasteiger partial charge is 0.494 e. The van der Waals surface area contributed by atoms with Gasteiger partial charge >= 0.3 is 0 Å². The molecule has 3 aromatic carbocycles. The third-order valence-electron chi connectivity index (χ3n) is 7.65. The highest BCUT2D eigenvalue weighted by Crippen LogP contribution is 2.35. The molecule has 41 heavy (non-hydrogen) atoms. The molecule has 2 heterocycles. The minimum atomic E-state index is -1.10. The number of ether oxygens (including phenoxy) is 3.